The van der Waals surface area contributed by atoms with Crippen LogP contribution in [0.15, 0.2) is 0 Å². The lowest BCUT2D eigenvalue weighted by Gasteiger charge is -2.39. The Balaban J connectivity index is 1.54. The fourth-order valence-electron chi connectivity index (χ4n) is 3.25. The molecule has 3 fully saturated rings. The predicted molar refractivity (Wildman–Crippen MR) is 71.8 cm³/mol. The van der Waals surface area contributed by atoms with Gasteiger partial charge in [-0.15, -0.1) is 0 Å². The summed E-state index contributed by atoms with van der Waals surface area (Å²) < 4.78 is 34.1. The van der Waals surface area contributed by atoms with Gasteiger partial charge >= 0.3 is 0 Å². The summed E-state index contributed by atoms with van der Waals surface area (Å²) in [5, 5.41) is 0. The van der Waals surface area contributed by atoms with Crippen LogP contribution < -0.4 is 0 Å². The molecule has 0 aromatic rings. The molecule has 0 aromatic heterocycles. The molecule has 6 nitrogen and oxygen atoms in total. The molecule has 3 aliphatic rings. The lowest BCUT2D eigenvalue weighted by molar-refractivity contribution is -0.188. The summed E-state index contributed by atoms with van der Waals surface area (Å²) in [5.74, 6) is -0.196. The van der Waals surface area contributed by atoms with Crippen molar-refractivity contribution in [2.75, 3.05) is 37.8 Å². The van der Waals surface area contributed by atoms with Crippen molar-refractivity contribution < 1.29 is 22.7 Å². The molecule has 3 saturated heterocycles. The van der Waals surface area contributed by atoms with E-state index in [9.17, 15) is 13.2 Å². The van der Waals surface area contributed by atoms with Crippen molar-refractivity contribution in [3.63, 3.8) is 0 Å². The Bertz CT molecular complexity index is 459. The van der Waals surface area contributed by atoms with Gasteiger partial charge in [0.1, 0.15) is 9.84 Å². The van der Waals surface area contributed by atoms with Crippen LogP contribution in [-0.2, 0) is 24.1 Å². The van der Waals surface area contributed by atoms with Gasteiger partial charge in [0, 0.05) is 31.8 Å². The Morgan fingerprint density at radius 2 is 1.60 bits per heavy atom. The lowest BCUT2D eigenvalue weighted by atomic mass is 9.97. The van der Waals surface area contributed by atoms with E-state index in [0.717, 1.165) is 0 Å². The topological polar surface area (TPSA) is 72.9 Å². The van der Waals surface area contributed by atoms with Crippen LogP contribution in [0.4, 0.5) is 0 Å². The highest BCUT2D eigenvalue weighted by Gasteiger charge is 2.42. The monoisotopic (exact) mass is 303 g/mol. The summed E-state index contributed by atoms with van der Waals surface area (Å²) in [7, 11) is -2.91. The highest BCUT2D eigenvalue weighted by molar-refractivity contribution is 7.91. The van der Waals surface area contributed by atoms with Gasteiger partial charge in [0.05, 0.1) is 24.7 Å². The molecular formula is C13H21NO5S. The van der Waals surface area contributed by atoms with E-state index in [2.05, 4.69) is 0 Å². The SMILES string of the molecule is O=C(C1CCS(=O)(=O)CC1)N1CCC2(CC1)OCCO2. The first-order valence-corrected chi connectivity index (χ1v) is 9.09. The van der Waals surface area contributed by atoms with Crippen LogP contribution in [0.25, 0.3) is 0 Å². The van der Waals surface area contributed by atoms with Gasteiger partial charge in [-0.2, -0.15) is 0 Å². The van der Waals surface area contributed by atoms with Crippen LogP contribution in [0.3, 0.4) is 0 Å². The van der Waals surface area contributed by atoms with Gasteiger partial charge in [0.15, 0.2) is 5.79 Å². The molecule has 0 radical (unpaired) electrons. The minimum absolute atomic E-state index is 0.104. The molecule has 3 heterocycles. The maximum Gasteiger partial charge on any atom is 0.225 e. The van der Waals surface area contributed by atoms with E-state index in [0.29, 0.717) is 52.0 Å². The van der Waals surface area contributed by atoms with Crippen LogP contribution in [0.2, 0.25) is 0 Å². The van der Waals surface area contributed by atoms with E-state index < -0.39 is 15.6 Å². The van der Waals surface area contributed by atoms with Gasteiger partial charge in [0.2, 0.25) is 5.91 Å². The van der Waals surface area contributed by atoms with Crippen LogP contribution in [0.1, 0.15) is 25.7 Å². The third-order valence-corrected chi connectivity index (χ3v) is 6.27. The van der Waals surface area contributed by atoms with E-state index >= 15 is 0 Å². The number of ether oxygens (including phenoxy) is 2. The Morgan fingerprint density at radius 3 is 2.15 bits per heavy atom. The van der Waals surface area contributed by atoms with Crippen molar-refractivity contribution in [2.24, 2.45) is 5.92 Å². The average Bonchev–Trinajstić information content (AvgIpc) is 2.87. The average molecular weight is 303 g/mol. The highest BCUT2D eigenvalue weighted by atomic mass is 32.2. The zero-order chi connectivity index (χ0) is 14.2. The molecule has 7 heteroatoms. The van der Waals surface area contributed by atoms with Crippen molar-refractivity contribution in [3.8, 4) is 0 Å². The Morgan fingerprint density at radius 1 is 1.05 bits per heavy atom. The highest BCUT2D eigenvalue weighted by Crippen LogP contribution is 2.32. The molecule has 3 rings (SSSR count). The zero-order valence-electron chi connectivity index (χ0n) is 11.5. The number of nitrogens with zero attached hydrogens (tertiary/aromatic N) is 1. The van der Waals surface area contributed by atoms with Crippen LogP contribution in [-0.4, -0.2) is 62.8 Å². The number of likely N-dealkylation sites (tertiary alicyclic amines) is 1. The van der Waals surface area contributed by atoms with Gasteiger partial charge in [-0.3, -0.25) is 4.79 Å². The molecule has 1 spiro atoms. The number of rotatable bonds is 1. The van der Waals surface area contributed by atoms with Gasteiger partial charge in [-0.1, -0.05) is 0 Å². The van der Waals surface area contributed by atoms with Gasteiger partial charge in [-0.05, 0) is 12.8 Å². The minimum atomic E-state index is -2.91. The molecule has 1 amide bonds. The number of sulfone groups is 1. The summed E-state index contributed by atoms with van der Waals surface area (Å²) in [6.45, 7) is 2.55. The summed E-state index contributed by atoms with van der Waals surface area (Å²) in [4.78, 5) is 14.3. The van der Waals surface area contributed by atoms with Gasteiger partial charge in [0.25, 0.3) is 0 Å². The van der Waals surface area contributed by atoms with E-state index in [4.69, 9.17) is 9.47 Å². The molecule has 0 saturated carbocycles. The summed E-state index contributed by atoms with van der Waals surface area (Å²) >= 11 is 0. The van der Waals surface area contributed by atoms with Crippen molar-refractivity contribution in [2.45, 2.75) is 31.5 Å². The molecule has 0 atom stereocenters. The maximum atomic E-state index is 12.4. The second-order valence-corrected chi connectivity index (χ2v) is 8.16. The van der Waals surface area contributed by atoms with Crippen molar-refractivity contribution >= 4 is 15.7 Å². The van der Waals surface area contributed by atoms with Crippen LogP contribution in [0, 0.1) is 5.92 Å². The number of amides is 1. The summed E-state index contributed by atoms with van der Waals surface area (Å²) in [6.07, 6.45) is 2.36. The predicted octanol–water partition coefficient (Wildman–Crippen LogP) is 0.177. The van der Waals surface area contributed by atoms with E-state index in [1.807, 2.05) is 4.90 Å². The molecular weight excluding hydrogens is 282 g/mol. The first-order valence-electron chi connectivity index (χ1n) is 7.27. The third-order valence-electron chi connectivity index (χ3n) is 4.55. The first-order chi connectivity index (χ1) is 9.50. The molecule has 0 aromatic carbocycles. The Kier molecular flexibility index (Phi) is 3.77. The number of piperidine rings is 1. The number of carbonyl (C=O) groups is 1. The molecule has 0 aliphatic carbocycles. The Hall–Kier alpha value is -0.660. The maximum absolute atomic E-state index is 12.4. The second-order valence-electron chi connectivity index (χ2n) is 5.86. The molecule has 20 heavy (non-hydrogen) atoms. The van der Waals surface area contributed by atoms with E-state index in [1.165, 1.54) is 0 Å². The quantitative estimate of drug-likeness (QED) is 0.691. The molecule has 0 bridgehead atoms. The van der Waals surface area contributed by atoms with E-state index in [1.54, 1.807) is 0 Å². The molecule has 3 aliphatic heterocycles. The molecule has 0 unspecified atom stereocenters. The van der Waals surface area contributed by atoms with Crippen molar-refractivity contribution in [1.82, 2.24) is 4.90 Å². The van der Waals surface area contributed by atoms with Crippen molar-refractivity contribution in [3.05, 3.63) is 0 Å². The lowest BCUT2D eigenvalue weighted by Crippen LogP contribution is -2.49. The molecule has 114 valence electrons. The van der Waals surface area contributed by atoms with Crippen LogP contribution in [0.5, 0.6) is 0 Å². The second kappa shape index (κ2) is 5.27. The minimum Gasteiger partial charge on any atom is -0.347 e. The molecule has 0 N–H and O–H groups in total. The Labute approximate surface area is 119 Å². The third kappa shape index (κ3) is 2.84. The largest absolute Gasteiger partial charge is 0.347 e. The summed E-state index contributed by atoms with van der Waals surface area (Å²) in [6, 6.07) is 0. The van der Waals surface area contributed by atoms with Crippen molar-refractivity contribution in [1.29, 1.82) is 0 Å². The van der Waals surface area contributed by atoms with E-state index in [-0.39, 0.29) is 23.3 Å². The zero-order valence-corrected chi connectivity index (χ0v) is 12.4. The number of hydrogen-bond donors (Lipinski definition) is 0. The fourth-order valence-corrected chi connectivity index (χ4v) is 4.74. The fraction of sp³-hybridized carbons (Fsp3) is 0.923. The smallest absolute Gasteiger partial charge is 0.225 e. The number of carbonyl (C=O) groups excluding carboxylic acids is 1. The standard InChI is InChI=1S/C13H21NO5S/c15-12(11-1-9-20(16,17)10-2-11)14-5-3-13(4-6-14)18-7-8-19-13/h11H,1-10H2. The van der Waals surface area contributed by atoms with Crippen LogP contribution >= 0.6 is 0 Å². The van der Waals surface area contributed by atoms with Gasteiger partial charge in [-0.25, -0.2) is 8.42 Å². The van der Waals surface area contributed by atoms with Gasteiger partial charge < -0.3 is 14.4 Å². The first kappa shape index (κ1) is 14.3. The number of hydrogen-bond acceptors (Lipinski definition) is 5. The normalized spacial score (nSPS) is 29.7. The summed E-state index contributed by atoms with van der Waals surface area (Å²) in [5.41, 5.74) is 0.